The molecule has 0 heterocycles. The summed E-state index contributed by atoms with van der Waals surface area (Å²) in [6.45, 7) is 6.12. The van der Waals surface area contributed by atoms with Crippen molar-refractivity contribution in [3.8, 4) is 12.3 Å². The summed E-state index contributed by atoms with van der Waals surface area (Å²) in [7, 11) is 0. The molecule has 13 heavy (non-hydrogen) atoms. The van der Waals surface area contributed by atoms with Gasteiger partial charge in [-0.3, -0.25) is 0 Å². The average Bonchev–Trinajstić information content (AvgIpc) is 2.02. The maximum Gasteiger partial charge on any atom is 0.139 e. The highest BCUT2D eigenvalue weighted by molar-refractivity contribution is 5.37. The number of terminal acetylenes is 1. The lowest BCUT2D eigenvalue weighted by molar-refractivity contribution is 0.571. The number of hydrogen-bond acceptors (Lipinski definition) is 0. The monoisotopic (exact) mass is 176 g/mol. The Hall–Kier alpha value is -1.29. The number of halogens is 1. The summed E-state index contributed by atoms with van der Waals surface area (Å²) in [5.41, 5.74) is 1.26. The van der Waals surface area contributed by atoms with Crippen LogP contribution in [-0.4, -0.2) is 0 Å². The molecule has 0 aromatic heterocycles. The van der Waals surface area contributed by atoms with E-state index in [1.165, 1.54) is 6.07 Å². The van der Waals surface area contributed by atoms with E-state index in [0.29, 0.717) is 5.56 Å². The molecule has 1 aromatic carbocycles. The molecular weight excluding hydrogens is 163 g/mol. The number of benzene rings is 1. The Kier molecular flexibility index (Phi) is 2.43. The fourth-order valence-corrected chi connectivity index (χ4v) is 1.10. The fraction of sp³-hybridized carbons (Fsp3) is 0.333. The van der Waals surface area contributed by atoms with Gasteiger partial charge in [0.25, 0.3) is 0 Å². The molecule has 0 amide bonds. The molecule has 0 unspecified atom stereocenters. The van der Waals surface area contributed by atoms with E-state index in [9.17, 15) is 4.39 Å². The van der Waals surface area contributed by atoms with Gasteiger partial charge in [0.2, 0.25) is 0 Å². The van der Waals surface area contributed by atoms with E-state index in [0.717, 1.165) is 5.56 Å². The fourth-order valence-electron chi connectivity index (χ4n) is 1.10. The van der Waals surface area contributed by atoms with Gasteiger partial charge < -0.3 is 0 Å². The molecule has 0 N–H and O–H groups in total. The Balaban J connectivity index is 3.20. The largest absolute Gasteiger partial charge is 0.206 e. The summed E-state index contributed by atoms with van der Waals surface area (Å²) < 4.78 is 13.2. The van der Waals surface area contributed by atoms with Gasteiger partial charge in [-0.1, -0.05) is 32.8 Å². The smallest absolute Gasteiger partial charge is 0.139 e. The van der Waals surface area contributed by atoms with Crippen molar-refractivity contribution in [2.75, 3.05) is 0 Å². The van der Waals surface area contributed by atoms with Crippen LogP contribution in [0.15, 0.2) is 18.2 Å². The van der Waals surface area contributed by atoms with Crippen LogP contribution in [0.4, 0.5) is 4.39 Å². The van der Waals surface area contributed by atoms with Crippen LogP contribution in [0.5, 0.6) is 0 Å². The van der Waals surface area contributed by atoms with Crippen LogP contribution in [0.2, 0.25) is 0 Å². The third kappa shape index (κ3) is 2.09. The summed E-state index contributed by atoms with van der Waals surface area (Å²) in [6, 6.07) is 5.03. The van der Waals surface area contributed by atoms with Gasteiger partial charge in [0.05, 0.1) is 5.56 Å². The van der Waals surface area contributed by atoms with Gasteiger partial charge in [-0.05, 0) is 23.1 Å². The SMILES string of the molecule is C#Cc1ccc(C(C)(C)C)cc1F. The van der Waals surface area contributed by atoms with Gasteiger partial charge in [-0.15, -0.1) is 6.42 Å². The molecule has 0 atom stereocenters. The zero-order valence-electron chi connectivity index (χ0n) is 8.19. The molecule has 0 nitrogen and oxygen atoms in total. The Labute approximate surface area is 78.8 Å². The number of rotatable bonds is 0. The minimum Gasteiger partial charge on any atom is -0.206 e. The Morgan fingerprint density at radius 2 is 1.92 bits per heavy atom. The van der Waals surface area contributed by atoms with Crippen LogP contribution in [0.3, 0.4) is 0 Å². The van der Waals surface area contributed by atoms with Crippen molar-refractivity contribution in [3.63, 3.8) is 0 Å². The molecule has 1 heteroatoms. The molecule has 1 aromatic rings. The topological polar surface area (TPSA) is 0 Å². The summed E-state index contributed by atoms with van der Waals surface area (Å²) in [4.78, 5) is 0. The molecule has 0 aliphatic heterocycles. The number of hydrogen-bond donors (Lipinski definition) is 0. The standard InChI is InChI=1S/C12H13F/c1-5-9-6-7-10(8-11(9)13)12(2,3)4/h1,6-8H,2-4H3. The highest BCUT2D eigenvalue weighted by Gasteiger charge is 2.14. The van der Waals surface area contributed by atoms with Crippen LogP contribution in [-0.2, 0) is 5.41 Å². The van der Waals surface area contributed by atoms with E-state index in [2.05, 4.69) is 5.92 Å². The first-order valence-corrected chi connectivity index (χ1v) is 4.22. The summed E-state index contributed by atoms with van der Waals surface area (Å²) in [6.07, 6.45) is 5.12. The normalized spacial score (nSPS) is 11.0. The second kappa shape index (κ2) is 3.22. The maximum atomic E-state index is 13.2. The van der Waals surface area contributed by atoms with Crippen molar-refractivity contribution in [2.45, 2.75) is 26.2 Å². The Morgan fingerprint density at radius 1 is 1.31 bits per heavy atom. The molecule has 68 valence electrons. The van der Waals surface area contributed by atoms with E-state index < -0.39 is 0 Å². The van der Waals surface area contributed by atoms with Crippen LogP contribution < -0.4 is 0 Å². The lowest BCUT2D eigenvalue weighted by Crippen LogP contribution is -2.11. The second-order valence-corrected chi connectivity index (χ2v) is 4.09. The first-order valence-electron chi connectivity index (χ1n) is 4.22. The summed E-state index contributed by atoms with van der Waals surface area (Å²) in [5.74, 6) is 1.99. The zero-order chi connectivity index (χ0) is 10.1. The van der Waals surface area contributed by atoms with E-state index in [1.54, 1.807) is 6.07 Å². The highest BCUT2D eigenvalue weighted by Crippen LogP contribution is 2.23. The minimum atomic E-state index is -0.310. The lowest BCUT2D eigenvalue weighted by atomic mass is 9.86. The highest BCUT2D eigenvalue weighted by atomic mass is 19.1. The van der Waals surface area contributed by atoms with Crippen molar-refractivity contribution < 1.29 is 4.39 Å². The first kappa shape index (κ1) is 9.80. The van der Waals surface area contributed by atoms with Gasteiger partial charge in [-0.2, -0.15) is 0 Å². The van der Waals surface area contributed by atoms with Crippen molar-refractivity contribution >= 4 is 0 Å². The second-order valence-electron chi connectivity index (χ2n) is 4.09. The molecule has 0 aliphatic carbocycles. The van der Waals surface area contributed by atoms with Crippen LogP contribution in [0.25, 0.3) is 0 Å². The summed E-state index contributed by atoms with van der Waals surface area (Å²) >= 11 is 0. The van der Waals surface area contributed by atoms with Crippen molar-refractivity contribution in [2.24, 2.45) is 0 Å². The molecule has 0 spiro atoms. The van der Waals surface area contributed by atoms with Crippen molar-refractivity contribution in [3.05, 3.63) is 35.1 Å². The molecule has 0 bridgehead atoms. The molecule has 1 rings (SSSR count). The quantitative estimate of drug-likeness (QED) is 0.533. The van der Waals surface area contributed by atoms with E-state index >= 15 is 0 Å². The maximum absolute atomic E-state index is 13.2. The van der Waals surface area contributed by atoms with Crippen molar-refractivity contribution in [1.29, 1.82) is 0 Å². The lowest BCUT2D eigenvalue weighted by Gasteiger charge is -2.18. The predicted octanol–water partition coefficient (Wildman–Crippen LogP) is 3.10. The van der Waals surface area contributed by atoms with Crippen LogP contribution in [0, 0.1) is 18.2 Å². The molecule has 0 aliphatic rings. The third-order valence-corrected chi connectivity index (χ3v) is 1.99. The van der Waals surface area contributed by atoms with E-state index in [-0.39, 0.29) is 11.2 Å². The minimum absolute atomic E-state index is 0.0338. The average molecular weight is 176 g/mol. The zero-order valence-corrected chi connectivity index (χ0v) is 8.19. The van der Waals surface area contributed by atoms with Crippen molar-refractivity contribution in [1.82, 2.24) is 0 Å². The van der Waals surface area contributed by atoms with Gasteiger partial charge in [0.1, 0.15) is 5.82 Å². The molecule has 0 fully saturated rings. The van der Waals surface area contributed by atoms with Gasteiger partial charge in [0, 0.05) is 0 Å². The van der Waals surface area contributed by atoms with Gasteiger partial charge in [-0.25, -0.2) is 4.39 Å². The molecule has 0 saturated heterocycles. The molecular formula is C12H13F. The summed E-state index contributed by atoms with van der Waals surface area (Å²) in [5, 5.41) is 0. The Bertz CT molecular complexity index is 350. The molecule has 0 saturated carbocycles. The van der Waals surface area contributed by atoms with E-state index in [4.69, 9.17) is 6.42 Å². The predicted molar refractivity (Wildman–Crippen MR) is 53.0 cm³/mol. The van der Waals surface area contributed by atoms with Gasteiger partial charge >= 0.3 is 0 Å². The third-order valence-electron chi connectivity index (χ3n) is 1.99. The van der Waals surface area contributed by atoms with Crippen LogP contribution >= 0.6 is 0 Å². The Morgan fingerprint density at radius 3 is 2.31 bits per heavy atom. The first-order chi connectivity index (χ1) is 5.95. The molecule has 0 radical (unpaired) electrons. The van der Waals surface area contributed by atoms with E-state index in [1.807, 2.05) is 26.8 Å². The van der Waals surface area contributed by atoms with Gasteiger partial charge in [0.15, 0.2) is 0 Å². The van der Waals surface area contributed by atoms with Crippen LogP contribution in [0.1, 0.15) is 31.9 Å².